The fourth-order valence-electron chi connectivity index (χ4n) is 1.05. The Bertz CT molecular complexity index is 334. The van der Waals surface area contributed by atoms with Gasteiger partial charge in [-0.05, 0) is 18.8 Å². The van der Waals surface area contributed by atoms with Crippen molar-refractivity contribution in [2.45, 2.75) is 12.8 Å². The zero-order valence-electron chi connectivity index (χ0n) is 7.91. The van der Waals surface area contributed by atoms with Crippen LogP contribution in [0.15, 0.2) is 0 Å². The van der Waals surface area contributed by atoms with Crippen LogP contribution < -0.4 is 10.6 Å². The van der Waals surface area contributed by atoms with Crippen LogP contribution in [0, 0.1) is 5.92 Å². The second-order valence-corrected chi connectivity index (χ2v) is 4.29. The number of rotatable bonds is 4. The summed E-state index contributed by atoms with van der Waals surface area (Å²) in [6, 6.07) is 0. The maximum atomic E-state index is 11.5. The number of hydrogen-bond donors (Lipinski definition) is 2. The number of carbonyl (C=O) groups excluding carboxylic acids is 1. The summed E-state index contributed by atoms with van der Waals surface area (Å²) in [5, 5.41) is 14.4. The predicted octanol–water partition coefficient (Wildman–Crippen LogP) is 0.720. The largest absolute Gasteiger partial charge is 0.363 e. The van der Waals surface area contributed by atoms with Gasteiger partial charge in [-0.2, -0.15) is 0 Å². The Morgan fingerprint density at radius 1 is 1.57 bits per heavy atom. The highest BCUT2D eigenvalue weighted by Crippen LogP contribution is 2.27. The maximum Gasteiger partial charge on any atom is 0.282 e. The van der Waals surface area contributed by atoms with Gasteiger partial charge in [-0.1, -0.05) is 11.3 Å². The quantitative estimate of drug-likeness (QED) is 0.771. The molecule has 14 heavy (non-hydrogen) atoms. The second kappa shape index (κ2) is 3.91. The van der Waals surface area contributed by atoms with E-state index >= 15 is 0 Å². The molecule has 0 atom stereocenters. The molecule has 0 saturated heterocycles. The van der Waals surface area contributed by atoms with Gasteiger partial charge in [0.1, 0.15) is 0 Å². The Morgan fingerprint density at radius 3 is 2.93 bits per heavy atom. The molecule has 5 nitrogen and oxygen atoms in total. The van der Waals surface area contributed by atoms with Gasteiger partial charge in [0.05, 0.1) is 0 Å². The topological polar surface area (TPSA) is 66.9 Å². The Balaban J connectivity index is 1.88. The van der Waals surface area contributed by atoms with Crippen LogP contribution in [0.3, 0.4) is 0 Å². The van der Waals surface area contributed by atoms with Crippen molar-refractivity contribution in [3.8, 4) is 0 Å². The molecule has 1 aliphatic rings. The van der Waals surface area contributed by atoms with Crippen molar-refractivity contribution < 1.29 is 4.79 Å². The molecule has 1 aromatic heterocycles. The molecule has 6 heteroatoms. The lowest BCUT2D eigenvalue weighted by Crippen LogP contribution is -2.25. The number of amides is 1. The van der Waals surface area contributed by atoms with Crippen molar-refractivity contribution in [1.29, 1.82) is 0 Å². The minimum absolute atomic E-state index is 0.115. The third-order valence-electron chi connectivity index (χ3n) is 2.08. The summed E-state index contributed by atoms with van der Waals surface area (Å²) < 4.78 is 0. The van der Waals surface area contributed by atoms with Crippen molar-refractivity contribution in [2.24, 2.45) is 5.92 Å². The zero-order chi connectivity index (χ0) is 9.97. The van der Waals surface area contributed by atoms with Crippen LogP contribution in [0.4, 0.5) is 5.13 Å². The average molecular weight is 212 g/mol. The minimum atomic E-state index is -0.115. The fourth-order valence-corrected chi connectivity index (χ4v) is 1.66. The van der Waals surface area contributed by atoms with Crippen LogP contribution in [0.1, 0.15) is 22.6 Å². The lowest BCUT2D eigenvalue weighted by Gasteiger charge is -1.98. The molecule has 1 aromatic rings. The van der Waals surface area contributed by atoms with Gasteiger partial charge in [0.2, 0.25) is 10.1 Å². The molecule has 1 heterocycles. The monoisotopic (exact) mass is 212 g/mol. The Hall–Kier alpha value is -1.17. The molecule has 0 bridgehead atoms. The molecule has 2 rings (SSSR count). The number of carbonyl (C=O) groups is 1. The molecule has 1 fully saturated rings. The fraction of sp³-hybridized carbons (Fsp3) is 0.625. The predicted molar refractivity (Wildman–Crippen MR) is 54.5 cm³/mol. The van der Waals surface area contributed by atoms with Gasteiger partial charge >= 0.3 is 0 Å². The van der Waals surface area contributed by atoms with Gasteiger partial charge in [0, 0.05) is 13.6 Å². The van der Waals surface area contributed by atoms with Crippen LogP contribution >= 0.6 is 11.3 Å². The van der Waals surface area contributed by atoms with E-state index in [1.807, 2.05) is 0 Å². The first-order valence-corrected chi connectivity index (χ1v) is 5.40. The van der Waals surface area contributed by atoms with Crippen LogP contribution in [-0.4, -0.2) is 29.7 Å². The Labute approximate surface area is 85.9 Å². The molecule has 1 saturated carbocycles. The first-order valence-electron chi connectivity index (χ1n) is 4.59. The highest BCUT2D eigenvalue weighted by Gasteiger charge is 2.22. The average Bonchev–Trinajstić information content (AvgIpc) is 2.90. The zero-order valence-corrected chi connectivity index (χ0v) is 8.73. The summed E-state index contributed by atoms with van der Waals surface area (Å²) in [6.45, 7) is 0.771. The smallest absolute Gasteiger partial charge is 0.282 e. The van der Waals surface area contributed by atoms with E-state index in [9.17, 15) is 4.79 Å². The van der Waals surface area contributed by atoms with Crippen molar-refractivity contribution >= 4 is 22.4 Å². The van der Waals surface area contributed by atoms with E-state index in [0.29, 0.717) is 16.1 Å². The SMILES string of the molecule is CNc1nnc(C(=O)NCC2CC2)s1. The molecule has 0 unspecified atom stereocenters. The Morgan fingerprint density at radius 2 is 2.36 bits per heavy atom. The number of aromatic nitrogens is 2. The van der Waals surface area contributed by atoms with E-state index in [1.165, 1.54) is 24.2 Å². The van der Waals surface area contributed by atoms with Crippen molar-refractivity contribution in [3.05, 3.63) is 5.01 Å². The third kappa shape index (κ3) is 2.20. The number of hydrogen-bond acceptors (Lipinski definition) is 5. The van der Waals surface area contributed by atoms with E-state index < -0.39 is 0 Å². The number of anilines is 1. The summed E-state index contributed by atoms with van der Waals surface area (Å²) >= 11 is 1.27. The highest BCUT2D eigenvalue weighted by atomic mass is 32.1. The van der Waals surface area contributed by atoms with E-state index in [-0.39, 0.29) is 5.91 Å². The molecule has 1 aliphatic carbocycles. The van der Waals surface area contributed by atoms with Gasteiger partial charge in [-0.3, -0.25) is 4.79 Å². The van der Waals surface area contributed by atoms with E-state index in [1.54, 1.807) is 7.05 Å². The van der Waals surface area contributed by atoms with Crippen LogP contribution in [0.5, 0.6) is 0 Å². The Kier molecular flexibility index (Phi) is 2.62. The lowest BCUT2D eigenvalue weighted by atomic mass is 10.4. The van der Waals surface area contributed by atoms with Gasteiger partial charge in [-0.25, -0.2) is 0 Å². The van der Waals surface area contributed by atoms with Crippen molar-refractivity contribution in [2.75, 3.05) is 18.9 Å². The van der Waals surface area contributed by atoms with Gasteiger partial charge in [0.15, 0.2) is 0 Å². The minimum Gasteiger partial charge on any atom is -0.363 e. The molecule has 0 aromatic carbocycles. The van der Waals surface area contributed by atoms with E-state index in [4.69, 9.17) is 0 Å². The van der Waals surface area contributed by atoms with Crippen molar-refractivity contribution in [3.63, 3.8) is 0 Å². The molecule has 0 radical (unpaired) electrons. The number of nitrogens with one attached hydrogen (secondary N) is 2. The molecule has 1 amide bonds. The standard InChI is InChI=1S/C8H12N4OS/c1-9-8-12-11-7(14-8)6(13)10-4-5-2-3-5/h5H,2-4H2,1H3,(H,9,12)(H,10,13). The second-order valence-electron chi connectivity index (χ2n) is 3.32. The third-order valence-corrected chi connectivity index (χ3v) is 3.02. The van der Waals surface area contributed by atoms with Crippen molar-refractivity contribution in [1.82, 2.24) is 15.5 Å². The highest BCUT2D eigenvalue weighted by molar-refractivity contribution is 7.17. The van der Waals surface area contributed by atoms with E-state index in [2.05, 4.69) is 20.8 Å². The van der Waals surface area contributed by atoms with Crippen LogP contribution in [0.25, 0.3) is 0 Å². The molecule has 0 spiro atoms. The summed E-state index contributed by atoms with van der Waals surface area (Å²) in [5.41, 5.74) is 0. The van der Waals surface area contributed by atoms with Gasteiger partial charge in [-0.15, -0.1) is 10.2 Å². The van der Waals surface area contributed by atoms with Gasteiger partial charge in [0.25, 0.3) is 5.91 Å². The molecular weight excluding hydrogens is 200 g/mol. The molecule has 2 N–H and O–H groups in total. The normalized spacial score (nSPS) is 15.2. The van der Waals surface area contributed by atoms with E-state index in [0.717, 1.165) is 6.54 Å². The maximum absolute atomic E-state index is 11.5. The summed E-state index contributed by atoms with van der Waals surface area (Å²) in [5.74, 6) is 0.576. The first kappa shape index (κ1) is 9.39. The lowest BCUT2D eigenvalue weighted by molar-refractivity contribution is 0.0950. The van der Waals surface area contributed by atoms with Gasteiger partial charge < -0.3 is 10.6 Å². The molecule has 76 valence electrons. The van der Waals surface area contributed by atoms with Crippen LogP contribution in [0.2, 0.25) is 0 Å². The molecular formula is C8H12N4OS. The van der Waals surface area contributed by atoms with Crippen LogP contribution in [-0.2, 0) is 0 Å². The summed E-state index contributed by atoms with van der Waals surface area (Å²) in [4.78, 5) is 11.5. The molecule has 0 aliphatic heterocycles. The number of nitrogens with zero attached hydrogens (tertiary/aromatic N) is 2. The summed E-state index contributed by atoms with van der Waals surface area (Å²) in [6.07, 6.45) is 2.47. The summed E-state index contributed by atoms with van der Waals surface area (Å²) in [7, 11) is 1.76. The first-order chi connectivity index (χ1) is 6.79.